The van der Waals surface area contributed by atoms with Crippen molar-refractivity contribution in [2.24, 2.45) is 13.0 Å². The number of rotatable bonds is 5. The third-order valence-corrected chi connectivity index (χ3v) is 4.89. The molecule has 0 radical (unpaired) electrons. The van der Waals surface area contributed by atoms with Crippen LogP contribution in [0, 0.1) is 12.8 Å². The van der Waals surface area contributed by atoms with Crippen LogP contribution in [0.5, 0.6) is 5.75 Å². The first-order chi connectivity index (χ1) is 12.0. The van der Waals surface area contributed by atoms with E-state index >= 15 is 0 Å². The largest absolute Gasteiger partial charge is 0.497 e. The summed E-state index contributed by atoms with van der Waals surface area (Å²) in [5.74, 6) is 0.826. The fourth-order valence-corrected chi connectivity index (χ4v) is 3.59. The monoisotopic (exact) mass is 343 g/mol. The highest BCUT2D eigenvalue weighted by Crippen LogP contribution is 2.36. The van der Waals surface area contributed by atoms with Gasteiger partial charge in [-0.15, -0.1) is 0 Å². The van der Waals surface area contributed by atoms with Gasteiger partial charge < -0.3 is 9.47 Å². The quantitative estimate of drug-likeness (QED) is 0.781. The molecule has 0 saturated carbocycles. The fourth-order valence-electron chi connectivity index (χ4n) is 3.59. The van der Waals surface area contributed by atoms with E-state index in [1.165, 1.54) is 5.56 Å². The molecule has 0 amide bonds. The molecular weight excluding hydrogens is 318 g/mol. The number of carbonyl (C=O) groups excluding carboxylic acids is 1. The maximum atomic E-state index is 12.3. The summed E-state index contributed by atoms with van der Waals surface area (Å²) in [5.41, 5.74) is 2.46. The van der Waals surface area contributed by atoms with E-state index < -0.39 is 0 Å². The van der Waals surface area contributed by atoms with Crippen molar-refractivity contribution < 1.29 is 14.3 Å². The molecule has 1 saturated heterocycles. The van der Waals surface area contributed by atoms with Gasteiger partial charge in [0.05, 0.1) is 19.4 Å². The summed E-state index contributed by atoms with van der Waals surface area (Å²) in [6, 6.07) is 8.37. The minimum Gasteiger partial charge on any atom is -0.497 e. The number of methoxy groups -OCH3 is 1. The van der Waals surface area contributed by atoms with Crippen molar-refractivity contribution in [2.75, 3.05) is 27.3 Å². The predicted molar refractivity (Wildman–Crippen MR) is 94.7 cm³/mol. The van der Waals surface area contributed by atoms with E-state index in [0.717, 1.165) is 18.7 Å². The van der Waals surface area contributed by atoms with Gasteiger partial charge in [-0.05, 0) is 44.6 Å². The van der Waals surface area contributed by atoms with Crippen LogP contribution in [0.3, 0.4) is 0 Å². The summed E-state index contributed by atoms with van der Waals surface area (Å²) >= 11 is 0. The maximum Gasteiger partial charge on any atom is 0.341 e. The number of nitrogens with zero attached hydrogens (tertiary/aromatic N) is 3. The highest BCUT2D eigenvalue weighted by Gasteiger charge is 2.34. The molecule has 1 aliphatic rings. The molecule has 1 aromatic heterocycles. The summed E-state index contributed by atoms with van der Waals surface area (Å²) < 4.78 is 12.5. The van der Waals surface area contributed by atoms with E-state index in [4.69, 9.17) is 9.47 Å². The Morgan fingerprint density at radius 1 is 1.28 bits per heavy atom. The number of hydrogen-bond acceptors (Lipinski definition) is 5. The summed E-state index contributed by atoms with van der Waals surface area (Å²) in [6.45, 7) is 3.22. The molecule has 2 atom stereocenters. The van der Waals surface area contributed by atoms with Crippen LogP contribution in [0.4, 0.5) is 0 Å². The van der Waals surface area contributed by atoms with E-state index in [-0.39, 0.29) is 17.9 Å². The Labute approximate surface area is 148 Å². The Morgan fingerprint density at radius 3 is 2.60 bits per heavy atom. The van der Waals surface area contributed by atoms with E-state index in [1.807, 2.05) is 19.1 Å². The lowest BCUT2D eigenvalue weighted by atomic mass is 9.94. The van der Waals surface area contributed by atoms with Gasteiger partial charge >= 0.3 is 5.97 Å². The Bertz CT molecular complexity index is 739. The van der Waals surface area contributed by atoms with Crippen molar-refractivity contribution in [2.45, 2.75) is 19.4 Å². The van der Waals surface area contributed by atoms with Crippen molar-refractivity contribution in [1.82, 2.24) is 14.7 Å². The van der Waals surface area contributed by atoms with E-state index in [0.29, 0.717) is 17.9 Å². The number of carbonyl (C=O) groups is 1. The van der Waals surface area contributed by atoms with E-state index in [9.17, 15) is 4.79 Å². The molecule has 0 spiro atoms. The van der Waals surface area contributed by atoms with E-state index in [2.05, 4.69) is 29.2 Å². The SMILES string of the molecule is COc1ccc([C@H]2[C@H](COC(=O)c3cn(C)nc3C)CCN2C)cc1. The first-order valence-electron chi connectivity index (χ1n) is 8.51. The Kier molecular flexibility index (Phi) is 5.08. The molecule has 0 unspecified atom stereocenters. The summed E-state index contributed by atoms with van der Waals surface area (Å²) in [7, 11) is 5.58. The zero-order valence-electron chi connectivity index (χ0n) is 15.2. The van der Waals surface area contributed by atoms with E-state index in [1.54, 1.807) is 25.0 Å². The molecule has 3 rings (SSSR count). The average Bonchev–Trinajstić information content (AvgIpc) is 3.14. The summed E-state index contributed by atoms with van der Waals surface area (Å²) in [6.07, 6.45) is 2.71. The molecule has 1 aromatic carbocycles. The van der Waals surface area contributed by atoms with Crippen LogP contribution in [0.2, 0.25) is 0 Å². The molecule has 134 valence electrons. The van der Waals surface area contributed by atoms with Gasteiger partial charge in [0.2, 0.25) is 0 Å². The first-order valence-corrected chi connectivity index (χ1v) is 8.51. The van der Waals surface area contributed by atoms with Crippen molar-refractivity contribution in [1.29, 1.82) is 0 Å². The van der Waals surface area contributed by atoms with Gasteiger partial charge in [0, 0.05) is 25.2 Å². The lowest BCUT2D eigenvalue weighted by Crippen LogP contribution is -2.24. The van der Waals surface area contributed by atoms with Crippen LogP contribution in [0.25, 0.3) is 0 Å². The standard InChI is InChI=1S/C19H25N3O3/c1-13-17(11-22(3)20-13)19(23)25-12-15-9-10-21(2)18(15)14-5-7-16(24-4)8-6-14/h5-8,11,15,18H,9-10,12H2,1-4H3/t15-,18-/m0/s1. The predicted octanol–water partition coefficient (Wildman–Crippen LogP) is 2.59. The fraction of sp³-hybridized carbons (Fsp3) is 0.474. The highest BCUT2D eigenvalue weighted by atomic mass is 16.5. The van der Waals surface area contributed by atoms with Crippen molar-refractivity contribution in [3.63, 3.8) is 0 Å². The number of esters is 1. The van der Waals surface area contributed by atoms with Gasteiger partial charge in [-0.2, -0.15) is 5.10 Å². The van der Waals surface area contributed by atoms with Crippen molar-refractivity contribution in [3.05, 3.63) is 47.3 Å². The van der Waals surface area contributed by atoms with Crippen LogP contribution in [0.15, 0.2) is 30.5 Å². The molecule has 6 heteroatoms. The van der Waals surface area contributed by atoms with Crippen LogP contribution in [-0.4, -0.2) is 48.0 Å². The number of benzene rings is 1. The molecule has 0 aliphatic carbocycles. The number of hydrogen-bond donors (Lipinski definition) is 0. The molecule has 1 fully saturated rings. The molecule has 0 N–H and O–H groups in total. The average molecular weight is 343 g/mol. The van der Waals surface area contributed by atoms with Crippen molar-refractivity contribution in [3.8, 4) is 5.75 Å². The minimum atomic E-state index is -0.298. The molecule has 2 heterocycles. The number of aryl methyl sites for hydroxylation is 2. The smallest absolute Gasteiger partial charge is 0.341 e. The van der Waals surface area contributed by atoms with Gasteiger partial charge in [0.15, 0.2) is 0 Å². The summed E-state index contributed by atoms with van der Waals surface area (Å²) in [4.78, 5) is 14.7. The number of likely N-dealkylation sites (tertiary alicyclic amines) is 1. The van der Waals surface area contributed by atoms with Crippen LogP contribution < -0.4 is 4.74 Å². The second-order valence-electron chi connectivity index (χ2n) is 6.65. The normalized spacial score (nSPS) is 20.6. The van der Waals surface area contributed by atoms with Crippen LogP contribution in [-0.2, 0) is 11.8 Å². The molecular formula is C19H25N3O3. The molecule has 0 bridgehead atoms. The molecule has 1 aliphatic heterocycles. The van der Waals surface area contributed by atoms with Gasteiger partial charge in [-0.25, -0.2) is 4.79 Å². The van der Waals surface area contributed by atoms with Gasteiger partial charge in [-0.3, -0.25) is 9.58 Å². The lowest BCUT2D eigenvalue weighted by Gasteiger charge is -2.25. The number of ether oxygens (including phenoxy) is 2. The Morgan fingerprint density at radius 2 is 2.00 bits per heavy atom. The van der Waals surface area contributed by atoms with Crippen molar-refractivity contribution >= 4 is 5.97 Å². The summed E-state index contributed by atoms with van der Waals surface area (Å²) in [5, 5.41) is 4.20. The van der Waals surface area contributed by atoms with Crippen LogP contribution >= 0.6 is 0 Å². The third kappa shape index (κ3) is 3.69. The number of aromatic nitrogens is 2. The first kappa shape index (κ1) is 17.5. The molecule has 2 aromatic rings. The topological polar surface area (TPSA) is 56.6 Å². The molecule has 6 nitrogen and oxygen atoms in total. The van der Waals surface area contributed by atoms with Gasteiger partial charge in [0.1, 0.15) is 11.3 Å². The van der Waals surface area contributed by atoms with Gasteiger partial charge in [-0.1, -0.05) is 12.1 Å². The second kappa shape index (κ2) is 7.27. The zero-order chi connectivity index (χ0) is 18.0. The van der Waals surface area contributed by atoms with Gasteiger partial charge in [0.25, 0.3) is 0 Å². The zero-order valence-corrected chi connectivity index (χ0v) is 15.2. The highest BCUT2D eigenvalue weighted by molar-refractivity contribution is 5.90. The third-order valence-electron chi connectivity index (χ3n) is 4.89. The Hall–Kier alpha value is -2.34. The maximum absolute atomic E-state index is 12.3. The second-order valence-corrected chi connectivity index (χ2v) is 6.65. The lowest BCUT2D eigenvalue weighted by molar-refractivity contribution is 0.0411. The Balaban J connectivity index is 1.68. The molecule has 25 heavy (non-hydrogen) atoms. The minimum absolute atomic E-state index is 0.244. The van der Waals surface area contributed by atoms with Crippen LogP contribution in [0.1, 0.15) is 34.1 Å².